The van der Waals surface area contributed by atoms with E-state index in [9.17, 15) is 4.79 Å². The molecule has 0 N–H and O–H groups in total. The summed E-state index contributed by atoms with van der Waals surface area (Å²) in [4.78, 5) is 18.7. The molecule has 0 saturated carbocycles. The van der Waals surface area contributed by atoms with E-state index in [-0.39, 0.29) is 5.56 Å². The van der Waals surface area contributed by atoms with Crippen LogP contribution in [0.4, 0.5) is 0 Å². The quantitative estimate of drug-likeness (QED) is 0.192. The highest BCUT2D eigenvalue weighted by Crippen LogP contribution is 2.33. The van der Waals surface area contributed by atoms with Crippen molar-refractivity contribution in [2.75, 3.05) is 7.11 Å². The zero-order valence-corrected chi connectivity index (χ0v) is 23.7. The van der Waals surface area contributed by atoms with Gasteiger partial charge in [0.15, 0.2) is 5.76 Å². The molecule has 0 fully saturated rings. The fourth-order valence-corrected chi connectivity index (χ4v) is 5.55. The van der Waals surface area contributed by atoms with Crippen LogP contribution in [0.25, 0.3) is 44.4 Å². The van der Waals surface area contributed by atoms with Gasteiger partial charge in [0.25, 0.3) is 5.56 Å². The number of halogens is 1. The van der Waals surface area contributed by atoms with Crippen molar-refractivity contribution in [1.29, 1.82) is 0 Å². The van der Waals surface area contributed by atoms with Crippen LogP contribution in [0.3, 0.4) is 0 Å². The van der Waals surface area contributed by atoms with E-state index in [1.54, 1.807) is 19.4 Å². The van der Waals surface area contributed by atoms with Crippen molar-refractivity contribution in [2.45, 2.75) is 13.5 Å². The Kier molecular flexibility index (Phi) is 6.36. The first-order valence-corrected chi connectivity index (χ1v) is 13.8. The molecule has 0 aliphatic heterocycles. The predicted molar refractivity (Wildman–Crippen MR) is 168 cm³/mol. The molecule has 0 spiro atoms. The lowest BCUT2D eigenvalue weighted by Gasteiger charge is -2.09. The normalized spacial score (nSPS) is 11.8. The van der Waals surface area contributed by atoms with Gasteiger partial charge < -0.3 is 13.7 Å². The largest absolute Gasteiger partial charge is 0.496 e. The topological polar surface area (TPSA) is 74.6 Å². The van der Waals surface area contributed by atoms with Crippen LogP contribution in [-0.2, 0) is 6.54 Å². The maximum atomic E-state index is 13.8. The van der Waals surface area contributed by atoms with Crippen LogP contribution in [0.5, 0.6) is 5.75 Å². The van der Waals surface area contributed by atoms with E-state index in [1.165, 1.54) is 4.68 Å². The highest BCUT2D eigenvalue weighted by atomic mass is 35.5. The maximum absolute atomic E-state index is 13.8. The Bertz CT molecular complexity index is 2210. The number of fused-ring (bicyclic) bond motifs is 3. The Morgan fingerprint density at radius 2 is 1.69 bits per heavy atom. The molecule has 0 bridgehead atoms. The lowest BCUT2D eigenvalue weighted by atomic mass is 10.1. The molecule has 0 unspecified atom stereocenters. The van der Waals surface area contributed by atoms with Crippen LogP contribution in [0.15, 0.2) is 111 Å². The minimum atomic E-state index is -0.290. The van der Waals surface area contributed by atoms with Gasteiger partial charge in [-0.2, -0.15) is 9.78 Å². The summed E-state index contributed by atoms with van der Waals surface area (Å²) in [7, 11) is 1.61. The van der Waals surface area contributed by atoms with Gasteiger partial charge in [-0.3, -0.25) is 4.79 Å². The third-order valence-electron chi connectivity index (χ3n) is 7.55. The van der Waals surface area contributed by atoms with Crippen molar-refractivity contribution < 1.29 is 9.15 Å². The molecule has 3 heterocycles. The Labute approximate surface area is 245 Å². The Balaban J connectivity index is 1.40. The average Bonchev–Trinajstić information content (AvgIpc) is 3.57. The number of aromatic nitrogens is 3. The lowest BCUT2D eigenvalue weighted by Crippen LogP contribution is -2.20. The second-order valence-electron chi connectivity index (χ2n) is 10.0. The number of methoxy groups -OCH3 is 1. The minimum Gasteiger partial charge on any atom is -0.496 e. The molecule has 0 amide bonds. The molecule has 42 heavy (non-hydrogen) atoms. The second-order valence-corrected chi connectivity index (χ2v) is 10.5. The molecule has 8 heteroatoms. The molecule has 0 atom stereocenters. The molecule has 3 aromatic heterocycles. The third-order valence-corrected chi connectivity index (χ3v) is 7.80. The monoisotopic (exact) mass is 572 g/mol. The first kappa shape index (κ1) is 25.8. The molecule has 0 aliphatic carbocycles. The number of hydrogen-bond donors (Lipinski definition) is 0. The van der Waals surface area contributed by atoms with Gasteiger partial charge in [-0.1, -0.05) is 60.1 Å². The zero-order chi connectivity index (χ0) is 28.8. The Morgan fingerprint density at radius 1 is 0.929 bits per heavy atom. The van der Waals surface area contributed by atoms with Crippen LogP contribution >= 0.6 is 11.6 Å². The van der Waals surface area contributed by atoms with E-state index in [2.05, 4.69) is 23.6 Å². The van der Waals surface area contributed by atoms with Crippen molar-refractivity contribution in [3.05, 3.63) is 129 Å². The Hall–Kier alpha value is -5.14. The van der Waals surface area contributed by atoms with Gasteiger partial charge in [0.2, 0.25) is 5.82 Å². The summed E-state index contributed by atoms with van der Waals surface area (Å²) in [6.45, 7) is 2.73. The van der Waals surface area contributed by atoms with Crippen LogP contribution in [0, 0.1) is 6.92 Å². The van der Waals surface area contributed by atoms with Gasteiger partial charge >= 0.3 is 0 Å². The predicted octanol–water partition coefficient (Wildman–Crippen LogP) is 7.67. The van der Waals surface area contributed by atoms with E-state index >= 15 is 0 Å². The van der Waals surface area contributed by atoms with Gasteiger partial charge in [0.05, 0.1) is 29.6 Å². The molecule has 0 radical (unpaired) electrons. The SMILES string of the molecule is COc1cccc2oc(-c3nc4ccccc4c(=O)n3N=Cc3c(C)n(Cc4ccc(Cl)cc4)c4ccccc34)cc12. The first-order chi connectivity index (χ1) is 20.5. The van der Waals surface area contributed by atoms with Gasteiger partial charge in [0.1, 0.15) is 11.3 Å². The molecular formula is C34H25ClN4O3. The average molecular weight is 573 g/mol. The summed E-state index contributed by atoms with van der Waals surface area (Å²) in [6.07, 6.45) is 1.74. The van der Waals surface area contributed by atoms with Crippen LogP contribution in [-0.4, -0.2) is 27.6 Å². The van der Waals surface area contributed by atoms with Gasteiger partial charge in [-0.15, -0.1) is 0 Å². The summed E-state index contributed by atoms with van der Waals surface area (Å²) in [5.74, 6) is 1.39. The molecule has 0 aliphatic rings. The minimum absolute atomic E-state index is 0.290. The summed E-state index contributed by atoms with van der Waals surface area (Å²) in [6, 6.07) is 30.7. The van der Waals surface area contributed by atoms with E-state index in [0.717, 1.165) is 33.1 Å². The molecule has 206 valence electrons. The van der Waals surface area contributed by atoms with Crippen LogP contribution < -0.4 is 10.3 Å². The van der Waals surface area contributed by atoms with Crippen molar-refractivity contribution in [2.24, 2.45) is 5.10 Å². The summed E-state index contributed by atoms with van der Waals surface area (Å²) in [5.41, 5.74) is 5.03. The van der Waals surface area contributed by atoms with Crippen LogP contribution in [0.2, 0.25) is 5.02 Å². The number of rotatable bonds is 6. The lowest BCUT2D eigenvalue weighted by molar-refractivity contribution is 0.419. The molecule has 7 rings (SSSR count). The first-order valence-electron chi connectivity index (χ1n) is 13.5. The fraction of sp³-hybridized carbons (Fsp3) is 0.0882. The van der Waals surface area contributed by atoms with E-state index < -0.39 is 0 Å². The molecule has 7 aromatic rings. The van der Waals surface area contributed by atoms with Crippen molar-refractivity contribution >= 4 is 50.6 Å². The number of nitrogens with zero attached hydrogens (tertiary/aromatic N) is 4. The van der Waals surface area contributed by atoms with Crippen molar-refractivity contribution in [3.63, 3.8) is 0 Å². The zero-order valence-electron chi connectivity index (χ0n) is 22.9. The van der Waals surface area contributed by atoms with Gasteiger partial charge in [-0.05, 0) is 61.0 Å². The maximum Gasteiger partial charge on any atom is 0.282 e. The van der Waals surface area contributed by atoms with E-state index in [4.69, 9.17) is 30.8 Å². The smallest absolute Gasteiger partial charge is 0.282 e. The fourth-order valence-electron chi connectivity index (χ4n) is 5.42. The molecule has 7 nitrogen and oxygen atoms in total. The van der Waals surface area contributed by atoms with E-state index in [1.807, 2.05) is 78.9 Å². The number of hydrogen-bond acceptors (Lipinski definition) is 5. The summed E-state index contributed by atoms with van der Waals surface area (Å²) >= 11 is 6.12. The van der Waals surface area contributed by atoms with Gasteiger partial charge in [0, 0.05) is 33.7 Å². The molecular weight excluding hydrogens is 548 g/mol. The van der Waals surface area contributed by atoms with Crippen molar-refractivity contribution in [3.8, 4) is 17.3 Å². The standard InChI is InChI=1S/C34H25ClN4O3/c1-21-27(24-8-4-6-11-29(24)38(21)20-22-14-16-23(35)17-15-22)19-36-39-33(37-28-10-5-3-9-25(28)34(39)40)32-18-26-30(41-2)12-7-13-31(26)42-32/h3-19H,20H2,1-2H3. The summed E-state index contributed by atoms with van der Waals surface area (Å²) in [5, 5.41) is 7.74. The van der Waals surface area contributed by atoms with Crippen LogP contribution in [0.1, 0.15) is 16.8 Å². The Morgan fingerprint density at radius 3 is 2.50 bits per heavy atom. The highest BCUT2D eigenvalue weighted by Gasteiger charge is 2.19. The second kappa shape index (κ2) is 10.4. The third kappa shape index (κ3) is 4.35. The van der Waals surface area contributed by atoms with E-state index in [0.29, 0.717) is 45.4 Å². The number of para-hydroxylation sites is 2. The molecule has 0 saturated heterocycles. The van der Waals surface area contributed by atoms with Crippen molar-refractivity contribution in [1.82, 2.24) is 14.2 Å². The number of benzene rings is 4. The number of furan rings is 1. The molecule has 4 aromatic carbocycles. The van der Waals surface area contributed by atoms with Gasteiger partial charge in [-0.25, -0.2) is 4.98 Å². The highest BCUT2D eigenvalue weighted by molar-refractivity contribution is 6.30. The number of ether oxygens (including phenoxy) is 1. The summed E-state index contributed by atoms with van der Waals surface area (Å²) < 4.78 is 15.3.